The van der Waals surface area contributed by atoms with Crippen molar-refractivity contribution >= 4 is 18.3 Å². The summed E-state index contributed by atoms with van der Waals surface area (Å²) in [4.78, 5) is 10.4. The first-order valence-electron chi connectivity index (χ1n) is 2.94. The van der Waals surface area contributed by atoms with E-state index >= 15 is 0 Å². The van der Waals surface area contributed by atoms with Crippen LogP contribution in [0.15, 0.2) is 0 Å². The fourth-order valence-corrected chi connectivity index (χ4v) is 1.18. The first kappa shape index (κ1) is 8.76. The minimum absolute atomic E-state index is 0. The van der Waals surface area contributed by atoms with Crippen LogP contribution in [0, 0.1) is 17.8 Å². The van der Waals surface area contributed by atoms with E-state index in [0.717, 1.165) is 0 Å². The highest BCUT2D eigenvalue weighted by atomic mass is 35.5. The molecule has 0 aromatic heterocycles. The summed E-state index contributed by atoms with van der Waals surface area (Å²) in [6, 6.07) is 0. The normalized spacial score (nSPS) is 39.1. The van der Waals surface area contributed by atoms with E-state index in [9.17, 15) is 4.79 Å². The average Bonchev–Trinajstić information content (AvgIpc) is 2.15. The number of carbonyl (C=O) groups is 1. The Bertz CT molecular complexity index is 118. The Morgan fingerprint density at radius 3 is 1.67 bits per heavy atom. The maximum atomic E-state index is 10.4. The maximum Gasteiger partial charge on any atom is 0.221 e. The van der Waals surface area contributed by atoms with Crippen LogP contribution < -0.4 is 5.73 Å². The second-order valence-corrected chi connectivity index (χ2v) is 2.65. The van der Waals surface area contributed by atoms with Gasteiger partial charge >= 0.3 is 0 Å². The third-order valence-electron chi connectivity index (χ3n) is 2.15. The Balaban J connectivity index is 0.000000640. The lowest BCUT2D eigenvalue weighted by atomic mass is 10.3. The van der Waals surface area contributed by atoms with E-state index in [1.807, 2.05) is 0 Å². The van der Waals surface area contributed by atoms with Crippen LogP contribution in [0.2, 0.25) is 0 Å². The highest BCUT2D eigenvalue weighted by Crippen LogP contribution is 2.44. The summed E-state index contributed by atoms with van der Waals surface area (Å²) in [5, 5.41) is 0. The van der Waals surface area contributed by atoms with E-state index in [1.54, 1.807) is 0 Å². The van der Waals surface area contributed by atoms with Crippen molar-refractivity contribution in [3.05, 3.63) is 0 Å². The number of rotatable bonds is 1. The summed E-state index contributed by atoms with van der Waals surface area (Å²) in [5.74, 6) is 1.11. The molecule has 0 bridgehead atoms. The molecule has 1 aliphatic rings. The standard InChI is InChI=1S/C6H11NO.ClH/c1-3-4(2)5(3)6(7)8;/h3-5H,1-2H3,(H2,7,8);1H. The SMILES string of the molecule is CC1C(C)C1C(N)=O.Cl. The Morgan fingerprint density at radius 1 is 1.33 bits per heavy atom. The number of carbonyl (C=O) groups excluding carboxylic acids is 1. The summed E-state index contributed by atoms with van der Waals surface area (Å²) in [7, 11) is 0. The third-order valence-corrected chi connectivity index (χ3v) is 2.15. The van der Waals surface area contributed by atoms with Crippen LogP contribution in [0.25, 0.3) is 0 Å². The molecule has 9 heavy (non-hydrogen) atoms. The maximum absolute atomic E-state index is 10.4. The molecule has 2 atom stereocenters. The third kappa shape index (κ3) is 1.36. The second-order valence-electron chi connectivity index (χ2n) is 2.65. The zero-order valence-corrected chi connectivity index (χ0v) is 6.44. The van der Waals surface area contributed by atoms with Crippen molar-refractivity contribution in [1.29, 1.82) is 0 Å². The number of amides is 1. The fraction of sp³-hybridized carbons (Fsp3) is 0.833. The number of hydrogen-bond donors (Lipinski definition) is 1. The molecule has 2 nitrogen and oxygen atoms in total. The zero-order valence-electron chi connectivity index (χ0n) is 5.63. The van der Waals surface area contributed by atoms with Crippen molar-refractivity contribution in [2.45, 2.75) is 13.8 Å². The highest BCUT2D eigenvalue weighted by Gasteiger charge is 2.46. The second kappa shape index (κ2) is 2.56. The molecule has 0 spiro atoms. The zero-order chi connectivity index (χ0) is 6.31. The monoisotopic (exact) mass is 149 g/mol. The summed E-state index contributed by atoms with van der Waals surface area (Å²) < 4.78 is 0. The summed E-state index contributed by atoms with van der Waals surface area (Å²) >= 11 is 0. The summed E-state index contributed by atoms with van der Waals surface area (Å²) in [5.41, 5.74) is 5.04. The minimum atomic E-state index is -0.134. The number of primary amides is 1. The van der Waals surface area contributed by atoms with E-state index in [1.165, 1.54) is 0 Å². The lowest BCUT2D eigenvalue weighted by molar-refractivity contribution is -0.119. The van der Waals surface area contributed by atoms with E-state index in [0.29, 0.717) is 11.8 Å². The first-order chi connectivity index (χ1) is 3.64. The molecular weight excluding hydrogens is 138 g/mol. The van der Waals surface area contributed by atoms with Crippen molar-refractivity contribution in [2.24, 2.45) is 23.5 Å². The van der Waals surface area contributed by atoms with Gasteiger partial charge in [0.1, 0.15) is 0 Å². The molecule has 0 saturated heterocycles. The molecule has 0 radical (unpaired) electrons. The quantitative estimate of drug-likeness (QED) is 0.589. The highest BCUT2D eigenvalue weighted by molar-refractivity contribution is 5.85. The van der Waals surface area contributed by atoms with Crippen LogP contribution in [0.5, 0.6) is 0 Å². The van der Waals surface area contributed by atoms with Gasteiger partial charge < -0.3 is 5.73 Å². The molecule has 1 aliphatic carbocycles. The van der Waals surface area contributed by atoms with Gasteiger partial charge in [-0.15, -0.1) is 12.4 Å². The van der Waals surface area contributed by atoms with Gasteiger partial charge in [-0.2, -0.15) is 0 Å². The Labute approximate surface area is 61.2 Å². The van der Waals surface area contributed by atoms with E-state index in [2.05, 4.69) is 13.8 Å². The van der Waals surface area contributed by atoms with E-state index in [-0.39, 0.29) is 24.2 Å². The lowest BCUT2D eigenvalue weighted by Crippen LogP contribution is -2.14. The van der Waals surface area contributed by atoms with Crippen molar-refractivity contribution in [2.75, 3.05) is 0 Å². The summed E-state index contributed by atoms with van der Waals surface area (Å²) in [6.45, 7) is 4.11. The van der Waals surface area contributed by atoms with Crippen molar-refractivity contribution in [3.8, 4) is 0 Å². The van der Waals surface area contributed by atoms with Gasteiger partial charge in [-0.25, -0.2) is 0 Å². The molecule has 1 fully saturated rings. The molecule has 3 heteroatoms. The van der Waals surface area contributed by atoms with Crippen LogP contribution in [0.4, 0.5) is 0 Å². The van der Waals surface area contributed by atoms with Crippen molar-refractivity contribution in [1.82, 2.24) is 0 Å². The average molecular weight is 150 g/mol. The molecule has 1 saturated carbocycles. The largest absolute Gasteiger partial charge is 0.369 e. The lowest BCUT2D eigenvalue weighted by Gasteiger charge is -1.82. The van der Waals surface area contributed by atoms with Gasteiger partial charge in [-0.05, 0) is 11.8 Å². The van der Waals surface area contributed by atoms with E-state index in [4.69, 9.17) is 5.73 Å². The minimum Gasteiger partial charge on any atom is -0.369 e. The van der Waals surface area contributed by atoms with Crippen LogP contribution >= 0.6 is 12.4 Å². The van der Waals surface area contributed by atoms with Crippen LogP contribution in [-0.4, -0.2) is 5.91 Å². The smallest absolute Gasteiger partial charge is 0.221 e. The van der Waals surface area contributed by atoms with Gasteiger partial charge in [0.15, 0.2) is 0 Å². The fourth-order valence-electron chi connectivity index (χ4n) is 1.18. The van der Waals surface area contributed by atoms with Crippen molar-refractivity contribution in [3.63, 3.8) is 0 Å². The van der Waals surface area contributed by atoms with E-state index < -0.39 is 0 Å². The van der Waals surface area contributed by atoms with Gasteiger partial charge in [0.2, 0.25) is 5.91 Å². The molecule has 1 rings (SSSR count). The molecule has 0 aromatic rings. The topological polar surface area (TPSA) is 43.1 Å². The van der Waals surface area contributed by atoms with Gasteiger partial charge in [0.25, 0.3) is 0 Å². The van der Waals surface area contributed by atoms with Gasteiger partial charge in [-0.1, -0.05) is 13.8 Å². The molecule has 2 N–H and O–H groups in total. The van der Waals surface area contributed by atoms with Gasteiger partial charge in [0.05, 0.1) is 0 Å². The van der Waals surface area contributed by atoms with Crippen LogP contribution in [0.3, 0.4) is 0 Å². The molecule has 2 unspecified atom stereocenters. The van der Waals surface area contributed by atoms with Gasteiger partial charge in [0, 0.05) is 5.92 Å². The molecule has 0 aromatic carbocycles. The molecule has 0 heterocycles. The molecule has 0 aliphatic heterocycles. The number of nitrogens with two attached hydrogens (primary N) is 1. The molecule has 54 valence electrons. The first-order valence-corrected chi connectivity index (χ1v) is 2.94. The van der Waals surface area contributed by atoms with Crippen LogP contribution in [0.1, 0.15) is 13.8 Å². The Hall–Kier alpha value is -0.240. The Morgan fingerprint density at radius 2 is 1.67 bits per heavy atom. The predicted molar refractivity (Wildman–Crippen MR) is 38.3 cm³/mol. The summed E-state index contributed by atoms with van der Waals surface area (Å²) in [6.07, 6.45) is 0. The van der Waals surface area contributed by atoms with Crippen LogP contribution in [-0.2, 0) is 4.79 Å². The van der Waals surface area contributed by atoms with Crippen molar-refractivity contribution < 1.29 is 4.79 Å². The molecule has 1 amide bonds. The Kier molecular flexibility index (Phi) is 2.50. The predicted octanol–water partition coefficient (Wildman–Crippen LogP) is 0.795. The number of halogens is 1. The number of hydrogen-bond acceptors (Lipinski definition) is 1. The van der Waals surface area contributed by atoms with Gasteiger partial charge in [-0.3, -0.25) is 4.79 Å². The molecular formula is C6H12ClNO.